The molecule has 1 unspecified atom stereocenters. The van der Waals surface area contributed by atoms with E-state index in [4.69, 9.17) is 4.78 Å². The molecule has 2 aliphatic rings. The number of aromatic nitrogens is 2. The van der Waals surface area contributed by atoms with Gasteiger partial charge >= 0.3 is 6.18 Å². The molecule has 2 fully saturated rings. The third-order valence-corrected chi connectivity index (χ3v) is 6.56. The van der Waals surface area contributed by atoms with Crippen molar-refractivity contribution in [2.45, 2.75) is 36.5 Å². The number of nitrogens with one attached hydrogen (secondary N) is 2. The molecule has 1 saturated heterocycles. The van der Waals surface area contributed by atoms with Gasteiger partial charge in [-0.2, -0.15) is 13.2 Å². The van der Waals surface area contributed by atoms with Crippen LogP contribution in [-0.2, 0) is 20.7 Å². The number of anilines is 2. The average Bonchev–Trinajstić information content (AvgIpc) is 3.31. The number of hydrogen-bond donors (Lipinski definition) is 2. The van der Waals surface area contributed by atoms with Crippen molar-refractivity contribution < 1.29 is 22.2 Å². The number of carbonyl (C=O) groups excluding carboxylic acids is 1. The fraction of sp³-hybridized carbons (Fsp3) is 0.421. The van der Waals surface area contributed by atoms with Crippen LogP contribution >= 0.6 is 0 Å². The van der Waals surface area contributed by atoms with Crippen molar-refractivity contribution >= 4 is 27.1 Å². The maximum atomic E-state index is 13.0. The highest BCUT2D eigenvalue weighted by atomic mass is 32.2. The first-order valence-corrected chi connectivity index (χ1v) is 11.2. The van der Waals surface area contributed by atoms with E-state index in [-0.39, 0.29) is 16.3 Å². The quantitative estimate of drug-likeness (QED) is 0.759. The normalized spacial score (nSPS) is 22.0. The molecule has 1 aliphatic carbocycles. The van der Waals surface area contributed by atoms with Crippen LogP contribution in [0.15, 0.2) is 41.7 Å². The summed E-state index contributed by atoms with van der Waals surface area (Å²) in [6.45, 7) is 0.556. The molecule has 3 heterocycles. The van der Waals surface area contributed by atoms with Crippen LogP contribution in [0.3, 0.4) is 0 Å². The van der Waals surface area contributed by atoms with Crippen molar-refractivity contribution in [1.82, 2.24) is 9.97 Å². The Balaban J connectivity index is 1.57. The van der Waals surface area contributed by atoms with E-state index in [2.05, 4.69) is 15.3 Å². The molecule has 1 saturated carbocycles. The Bertz CT molecular complexity index is 1080. The second kappa shape index (κ2) is 6.93. The number of halogens is 3. The minimum atomic E-state index is -4.47. The van der Waals surface area contributed by atoms with E-state index < -0.39 is 27.5 Å². The Morgan fingerprint density at radius 1 is 1.30 bits per heavy atom. The molecule has 30 heavy (non-hydrogen) atoms. The van der Waals surface area contributed by atoms with Crippen molar-refractivity contribution in [3.63, 3.8) is 0 Å². The first-order chi connectivity index (χ1) is 14.0. The molecule has 2 aromatic heterocycles. The van der Waals surface area contributed by atoms with E-state index in [1.165, 1.54) is 30.7 Å². The topological polar surface area (TPSA) is 99.0 Å². The van der Waals surface area contributed by atoms with E-state index in [9.17, 15) is 22.2 Å². The van der Waals surface area contributed by atoms with Gasteiger partial charge in [0, 0.05) is 30.9 Å². The van der Waals surface area contributed by atoms with Crippen LogP contribution in [-0.4, -0.2) is 38.9 Å². The summed E-state index contributed by atoms with van der Waals surface area (Å²) in [4.78, 5) is 22.6. The number of alkyl halides is 3. The SMILES string of the molecule is C[S@@](=N)(=O)c1cc(NC(=O)C2CC3(CC3)CN2c2ccc(C(F)(F)F)cn2)ccn1. The molecule has 1 amide bonds. The molecular formula is C19H20F3N5O2S. The van der Waals surface area contributed by atoms with E-state index in [0.29, 0.717) is 24.5 Å². The maximum Gasteiger partial charge on any atom is 0.417 e. The molecular weight excluding hydrogens is 419 g/mol. The molecule has 1 spiro atoms. The summed E-state index contributed by atoms with van der Waals surface area (Å²) in [7, 11) is -3.03. The summed E-state index contributed by atoms with van der Waals surface area (Å²) in [6.07, 6.45) is 1.43. The minimum Gasteiger partial charge on any atom is -0.344 e. The summed E-state index contributed by atoms with van der Waals surface area (Å²) in [5, 5.41) is 2.82. The standard InChI is InChI=1S/C19H20F3N5O2S/c1-30(23,29)16-8-13(4-7-24-16)26-17(28)14-9-18(5-6-18)11-27(14)15-3-2-12(10-25-15)19(20,21)22/h2-4,7-8,10,14,23H,5-6,9,11H2,1H3,(H,24,26,28)/t14?,30-/m1/s1. The number of carbonyl (C=O) groups is 1. The number of rotatable bonds is 4. The second-order valence-electron chi connectivity index (χ2n) is 7.97. The minimum absolute atomic E-state index is 0.00525. The van der Waals surface area contributed by atoms with Crippen LogP contribution in [0.2, 0.25) is 0 Å². The molecule has 1 aliphatic heterocycles. The third kappa shape index (κ3) is 4.11. The number of hydrogen-bond acceptors (Lipinski definition) is 6. The number of nitrogens with zero attached hydrogens (tertiary/aromatic N) is 3. The van der Waals surface area contributed by atoms with Gasteiger partial charge in [0.1, 0.15) is 16.9 Å². The van der Waals surface area contributed by atoms with Gasteiger partial charge in [-0.15, -0.1) is 0 Å². The van der Waals surface area contributed by atoms with Crippen molar-refractivity contribution in [3.05, 3.63) is 42.2 Å². The third-order valence-electron chi connectivity index (χ3n) is 5.54. The van der Waals surface area contributed by atoms with Gasteiger partial charge in [-0.05, 0) is 48.9 Å². The van der Waals surface area contributed by atoms with Crippen LogP contribution in [0.25, 0.3) is 0 Å². The monoisotopic (exact) mass is 439 g/mol. The number of pyridine rings is 2. The lowest BCUT2D eigenvalue weighted by molar-refractivity contribution is -0.137. The van der Waals surface area contributed by atoms with Crippen molar-refractivity contribution in [2.75, 3.05) is 23.0 Å². The van der Waals surface area contributed by atoms with Crippen LogP contribution in [0.1, 0.15) is 24.8 Å². The van der Waals surface area contributed by atoms with Gasteiger partial charge in [-0.25, -0.2) is 19.0 Å². The Labute approximate surface area is 171 Å². The molecule has 4 rings (SSSR count). The highest BCUT2D eigenvalue weighted by Gasteiger charge is 2.54. The van der Waals surface area contributed by atoms with Gasteiger partial charge in [-0.1, -0.05) is 0 Å². The molecule has 0 bridgehead atoms. The van der Waals surface area contributed by atoms with Gasteiger partial charge in [0.15, 0.2) is 0 Å². The van der Waals surface area contributed by atoms with Crippen molar-refractivity contribution in [2.24, 2.45) is 5.41 Å². The molecule has 2 atom stereocenters. The Morgan fingerprint density at radius 2 is 2.03 bits per heavy atom. The summed E-state index contributed by atoms with van der Waals surface area (Å²) < 4.78 is 58.1. The van der Waals surface area contributed by atoms with Gasteiger partial charge in [0.05, 0.1) is 15.3 Å². The van der Waals surface area contributed by atoms with Crippen LogP contribution in [0, 0.1) is 10.2 Å². The first-order valence-electron chi connectivity index (χ1n) is 9.28. The summed E-state index contributed by atoms with van der Waals surface area (Å²) in [5.41, 5.74) is -0.478. The lowest BCUT2D eigenvalue weighted by Crippen LogP contribution is -2.40. The van der Waals surface area contributed by atoms with E-state index in [1.54, 1.807) is 4.90 Å². The summed E-state index contributed by atoms with van der Waals surface area (Å²) in [5.74, 6) is -0.00437. The van der Waals surface area contributed by atoms with Gasteiger partial charge in [0.25, 0.3) is 0 Å². The molecule has 7 nitrogen and oxygen atoms in total. The van der Waals surface area contributed by atoms with Crippen molar-refractivity contribution in [1.29, 1.82) is 4.78 Å². The van der Waals surface area contributed by atoms with Crippen molar-refractivity contribution in [3.8, 4) is 0 Å². The Kier molecular flexibility index (Phi) is 4.75. The molecule has 11 heteroatoms. The largest absolute Gasteiger partial charge is 0.417 e. The summed E-state index contributed by atoms with van der Waals surface area (Å²) in [6, 6.07) is 4.61. The first kappa shape index (κ1) is 20.6. The van der Waals surface area contributed by atoms with Gasteiger partial charge < -0.3 is 10.2 Å². The van der Waals surface area contributed by atoms with Crippen LogP contribution in [0.5, 0.6) is 0 Å². The van der Waals surface area contributed by atoms with E-state index in [0.717, 1.165) is 25.1 Å². The Hall–Kier alpha value is -2.69. The molecule has 0 aromatic carbocycles. The van der Waals surface area contributed by atoms with E-state index in [1.807, 2.05) is 0 Å². The smallest absolute Gasteiger partial charge is 0.344 e. The fourth-order valence-electron chi connectivity index (χ4n) is 3.72. The predicted octanol–water partition coefficient (Wildman–Crippen LogP) is 3.53. The van der Waals surface area contributed by atoms with Crippen LogP contribution in [0.4, 0.5) is 24.7 Å². The average molecular weight is 439 g/mol. The van der Waals surface area contributed by atoms with Gasteiger partial charge in [0.2, 0.25) is 5.91 Å². The number of amides is 1. The predicted molar refractivity (Wildman–Crippen MR) is 105 cm³/mol. The van der Waals surface area contributed by atoms with E-state index >= 15 is 0 Å². The zero-order valence-corrected chi connectivity index (χ0v) is 16.9. The lowest BCUT2D eigenvalue weighted by atomic mass is 10.0. The lowest BCUT2D eigenvalue weighted by Gasteiger charge is -2.25. The highest BCUT2D eigenvalue weighted by Crippen LogP contribution is 2.55. The molecule has 2 N–H and O–H groups in total. The maximum absolute atomic E-state index is 13.0. The zero-order chi connectivity index (χ0) is 21.7. The Morgan fingerprint density at radius 3 is 2.60 bits per heavy atom. The van der Waals surface area contributed by atoms with Crippen LogP contribution < -0.4 is 10.2 Å². The molecule has 160 valence electrons. The zero-order valence-electron chi connectivity index (χ0n) is 16.1. The molecule has 0 radical (unpaired) electrons. The second-order valence-corrected chi connectivity index (χ2v) is 10.1. The van der Waals surface area contributed by atoms with Gasteiger partial charge in [-0.3, -0.25) is 4.79 Å². The fourth-order valence-corrected chi connectivity index (χ4v) is 4.33. The summed E-state index contributed by atoms with van der Waals surface area (Å²) >= 11 is 0. The molecule has 2 aromatic rings. The highest BCUT2D eigenvalue weighted by molar-refractivity contribution is 7.91.